The number of rotatable bonds is 2. The van der Waals surface area contributed by atoms with Crippen LogP contribution in [0.25, 0.3) is 5.69 Å². The van der Waals surface area contributed by atoms with Crippen LogP contribution in [0.4, 0.5) is 10.5 Å². The van der Waals surface area contributed by atoms with Crippen LogP contribution in [0.1, 0.15) is 20.8 Å². The normalized spacial score (nSPS) is 11.2. The van der Waals surface area contributed by atoms with Gasteiger partial charge in [-0.1, -0.05) is 29.8 Å². The highest BCUT2D eigenvalue weighted by Crippen LogP contribution is 2.25. The molecule has 1 heterocycles. The molecule has 1 aromatic heterocycles. The van der Waals surface area contributed by atoms with Crippen LogP contribution >= 0.6 is 11.6 Å². The lowest BCUT2D eigenvalue weighted by atomic mass is 10.2. The molecule has 6 heteroatoms. The second-order valence-corrected chi connectivity index (χ2v) is 5.58. The Hall–Kier alpha value is -2.01. The van der Waals surface area contributed by atoms with E-state index in [0.717, 1.165) is 5.69 Å². The van der Waals surface area contributed by atoms with E-state index in [4.69, 9.17) is 16.3 Å². The molecule has 2 aromatic rings. The lowest BCUT2D eigenvalue weighted by Gasteiger charge is -2.19. The molecule has 0 aliphatic carbocycles. The molecule has 0 atom stereocenters. The van der Waals surface area contributed by atoms with Gasteiger partial charge in [-0.15, -0.1) is 0 Å². The van der Waals surface area contributed by atoms with E-state index >= 15 is 0 Å². The number of halogens is 1. The molecule has 0 spiro atoms. The number of carbonyl (C=O) groups is 1. The van der Waals surface area contributed by atoms with Crippen molar-refractivity contribution in [1.29, 1.82) is 0 Å². The molecule has 0 unspecified atom stereocenters. The number of nitrogens with zero attached hydrogens (tertiary/aromatic N) is 2. The number of para-hydroxylation sites is 1. The standard InChI is InChI=1S/C14H16ClN3O2/c1-14(2,3)20-13(19)17-11-9-16-18(12(11)15)10-7-5-4-6-8-10/h4-9H,1-3H3,(H,17,19). The molecule has 0 bridgehead atoms. The van der Waals surface area contributed by atoms with Crippen LogP contribution in [0.2, 0.25) is 5.15 Å². The highest BCUT2D eigenvalue weighted by molar-refractivity contribution is 6.32. The largest absolute Gasteiger partial charge is 0.444 e. The summed E-state index contributed by atoms with van der Waals surface area (Å²) >= 11 is 6.20. The molecule has 0 aliphatic rings. The Kier molecular flexibility index (Phi) is 3.99. The second-order valence-electron chi connectivity index (χ2n) is 5.22. The molecule has 20 heavy (non-hydrogen) atoms. The third-order valence-corrected chi connectivity index (χ3v) is 2.71. The van der Waals surface area contributed by atoms with Crippen LogP contribution in [0.3, 0.4) is 0 Å². The Morgan fingerprint density at radius 3 is 2.55 bits per heavy atom. The average Bonchev–Trinajstić information content (AvgIpc) is 2.70. The third kappa shape index (κ3) is 3.51. The van der Waals surface area contributed by atoms with Gasteiger partial charge in [-0.25, -0.2) is 9.48 Å². The van der Waals surface area contributed by atoms with Gasteiger partial charge in [-0.2, -0.15) is 5.10 Å². The summed E-state index contributed by atoms with van der Waals surface area (Å²) < 4.78 is 6.70. The van der Waals surface area contributed by atoms with E-state index in [0.29, 0.717) is 10.8 Å². The minimum Gasteiger partial charge on any atom is -0.444 e. The molecule has 1 N–H and O–H groups in total. The Morgan fingerprint density at radius 1 is 1.30 bits per heavy atom. The van der Waals surface area contributed by atoms with Crippen LogP contribution in [0.5, 0.6) is 0 Å². The van der Waals surface area contributed by atoms with E-state index in [1.165, 1.54) is 10.9 Å². The lowest BCUT2D eigenvalue weighted by Crippen LogP contribution is -2.27. The number of anilines is 1. The van der Waals surface area contributed by atoms with Crippen molar-refractivity contribution < 1.29 is 9.53 Å². The summed E-state index contributed by atoms with van der Waals surface area (Å²) in [5, 5.41) is 7.05. The van der Waals surface area contributed by atoms with E-state index in [1.54, 1.807) is 20.8 Å². The second kappa shape index (κ2) is 5.54. The van der Waals surface area contributed by atoms with Gasteiger partial charge in [-0.05, 0) is 32.9 Å². The van der Waals surface area contributed by atoms with E-state index in [2.05, 4.69) is 10.4 Å². The van der Waals surface area contributed by atoms with Gasteiger partial charge in [0.1, 0.15) is 11.3 Å². The summed E-state index contributed by atoms with van der Waals surface area (Å²) in [6.45, 7) is 5.38. The molecule has 2 rings (SSSR count). The molecule has 0 fully saturated rings. The predicted molar refractivity (Wildman–Crippen MR) is 78.4 cm³/mol. The maximum Gasteiger partial charge on any atom is 0.412 e. The lowest BCUT2D eigenvalue weighted by molar-refractivity contribution is 0.0636. The van der Waals surface area contributed by atoms with Gasteiger partial charge in [-0.3, -0.25) is 5.32 Å². The summed E-state index contributed by atoms with van der Waals surface area (Å²) in [6, 6.07) is 9.41. The first kappa shape index (κ1) is 14.4. The topological polar surface area (TPSA) is 56.1 Å². The number of hydrogen-bond donors (Lipinski definition) is 1. The molecule has 0 saturated heterocycles. The number of aromatic nitrogens is 2. The first-order valence-electron chi connectivity index (χ1n) is 6.16. The van der Waals surface area contributed by atoms with Crippen LogP contribution in [-0.4, -0.2) is 21.5 Å². The van der Waals surface area contributed by atoms with Crippen LogP contribution < -0.4 is 5.32 Å². The smallest absolute Gasteiger partial charge is 0.412 e. The Bertz CT molecular complexity index is 603. The molecule has 0 saturated carbocycles. The molecule has 5 nitrogen and oxygen atoms in total. The maximum absolute atomic E-state index is 11.7. The summed E-state index contributed by atoms with van der Waals surface area (Å²) in [7, 11) is 0. The van der Waals surface area contributed by atoms with Crippen molar-refractivity contribution in [3.63, 3.8) is 0 Å². The minimum absolute atomic E-state index is 0.321. The highest BCUT2D eigenvalue weighted by Gasteiger charge is 2.18. The monoisotopic (exact) mass is 293 g/mol. The van der Waals surface area contributed by atoms with Crippen molar-refractivity contribution in [2.75, 3.05) is 5.32 Å². The summed E-state index contributed by atoms with van der Waals surface area (Å²) in [5.74, 6) is 0. The van der Waals surface area contributed by atoms with Gasteiger partial charge in [0.2, 0.25) is 0 Å². The Labute approximate surface area is 122 Å². The fourth-order valence-corrected chi connectivity index (χ4v) is 1.82. The molecule has 1 aromatic carbocycles. The van der Waals surface area contributed by atoms with Gasteiger partial charge in [0.25, 0.3) is 0 Å². The van der Waals surface area contributed by atoms with Crippen molar-refractivity contribution in [2.24, 2.45) is 0 Å². The molecule has 0 radical (unpaired) electrons. The molecule has 0 aliphatic heterocycles. The molecule has 1 amide bonds. The zero-order valence-electron chi connectivity index (χ0n) is 11.6. The predicted octanol–water partition coefficient (Wildman–Crippen LogP) is 3.87. The zero-order valence-corrected chi connectivity index (χ0v) is 12.3. The van der Waals surface area contributed by atoms with Crippen molar-refractivity contribution in [3.05, 3.63) is 41.7 Å². The van der Waals surface area contributed by atoms with Gasteiger partial charge >= 0.3 is 6.09 Å². The number of amides is 1. The van der Waals surface area contributed by atoms with E-state index in [9.17, 15) is 4.79 Å². The number of carbonyl (C=O) groups excluding carboxylic acids is 1. The highest BCUT2D eigenvalue weighted by atomic mass is 35.5. The fourth-order valence-electron chi connectivity index (χ4n) is 1.58. The van der Waals surface area contributed by atoms with Gasteiger partial charge in [0, 0.05) is 0 Å². The first-order valence-corrected chi connectivity index (χ1v) is 6.53. The maximum atomic E-state index is 11.7. The Balaban J connectivity index is 2.16. The molecule has 106 valence electrons. The van der Waals surface area contributed by atoms with Crippen molar-refractivity contribution in [2.45, 2.75) is 26.4 Å². The fraction of sp³-hybridized carbons (Fsp3) is 0.286. The third-order valence-electron chi connectivity index (χ3n) is 2.35. The zero-order chi connectivity index (χ0) is 14.8. The SMILES string of the molecule is CC(C)(C)OC(=O)Nc1cnn(-c2ccccc2)c1Cl. The molecular weight excluding hydrogens is 278 g/mol. The van der Waals surface area contributed by atoms with Gasteiger partial charge in [0.05, 0.1) is 11.9 Å². The first-order chi connectivity index (χ1) is 9.37. The number of benzene rings is 1. The number of ether oxygens (including phenoxy) is 1. The molecular formula is C14H16ClN3O2. The van der Waals surface area contributed by atoms with E-state index in [1.807, 2.05) is 30.3 Å². The van der Waals surface area contributed by atoms with Gasteiger partial charge < -0.3 is 4.74 Å². The van der Waals surface area contributed by atoms with Crippen LogP contribution in [-0.2, 0) is 4.74 Å². The summed E-state index contributed by atoms with van der Waals surface area (Å²) in [5.41, 5.74) is 0.658. The quantitative estimate of drug-likeness (QED) is 0.914. The minimum atomic E-state index is -0.564. The average molecular weight is 294 g/mol. The van der Waals surface area contributed by atoms with Crippen molar-refractivity contribution in [3.8, 4) is 5.69 Å². The van der Waals surface area contributed by atoms with Crippen molar-refractivity contribution >= 4 is 23.4 Å². The van der Waals surface area contributed by atoms with E-state index in [-0.39, 0.29) is 0 Å². The summed E-state index contributed by atoms with van der Waals surface area (Å²) in [6.07, 6.45) is 0.922. The Morgan fingerprint density at radius 2 is 1.95 bits per heavy atom. The van der Waals surface area contributed by atoms with Crippen LogP contribution in [0.15, 0.2) is 36.5 Å². The van der Waals surface area contributed by atoms with E-state index < -0.39 is 11.7 Å². The van der Waals surface area contributed by atoms with Crippen LogP contribution in [0, 0.1) is 0 Å². The van der Waals surface area contributed by atoms with Crippen molar-refractivity contribution in [1.82, 2.24) is 9.78 Å². The summed E-state index contributed by atoms with van der Waals surface area (Å²) in [4.78, 5) is 11.7. The van der Waals surface area contributed by atoms with Gasteiger partial charge in [0.15, 0.2) is 5.15 Å². The number of nitrogens with one attached hydrogen (secondary N) is 1. The number of hydrogen-bond acceptors (Lipinski definition) is 3.